The highest BCUT2D eigenvalue weighted by Gasteiger charge is 2.56. The van der Waals surface area contributed by atoms with Crippen LogP contribution in [0.2, 0.25) is 0 Å². The maximum Gasteiger partial charge on any atom is 0.338 e. The molecule has 0 bridgehead atoms. The van der Waals surface area contributed by atoms with Crippen LogP contribution in [0.1, 0.15) is 101 Å². The van der Waals surface area contributed by atoms with Gasteiger partial charge in [0.1, 0.15) is 28.4 Å². The van der Waals surface area contributed by atoms with Crippen LogP contribution in [0.4, 0.5) is 17.1 Å². The van der Waals surface area contributed by atoms with E-state index in [0.29, 0.717) is 42.3 Å². The first kappa shape index (κ1) is 58.9. The number of halogens is 1. The molecule has 0 aromatic heterocycles. The summed E-state index contributed by atoms with van der Waals surface area (Å²) < 4.78 is 18.3. The van der Waals surface area contributed by atoms with Gasteiger partial charge in [0.05, 0.1) is 30.7 Å². The van der Waals surface area contributed by atoms with E-state index in [1.54, 1.807) is 6.92 Å². The fourth-order valence-electron chi connectivity index (χ4n) is 9.80. The summed E-state index contributed by atoms with van der Waals surface area (Å²) in [4.78, 5) is 33.0. The van der Waals surface area contributed by atoms with Crippen molar-refractivity contribution in [3.8, 4) is 33.9 Å². The molecule has 0 atom stereocenters. The lowest BCUT2D eigenvalue weighted by atomic mass is 9.73. The molecule has 75 heavy (non-hydrogen) atoms. The number of rotatable bonds is 13. The number of nitrogens with one attached hydrogen (secondary N) is 3. The van der Waals surface area contributed by atoms with Gasteiger partial charge in [-0.3, -0.25) is 9.79 Å². The Hall–Kier alpha value is -6.94. The van der Waals surface area contributed by atoms with Crippen LogP contribution in [0.15, 0.2) is 106 Å². The van der Waals surface area contributed by atoms with Crippen molar-refractivity contribution in [3.63, 3.8) is 0 Å². The number of fused-ring (bicyclic) bond motifs is 8. The number of nitrogens with two attached hydrogens (primary N) is 1. The van der Waals surface area contributed by atoms with Crippen LogP contribution in [0, 0.1) is 27.7 Å². The summed E-state index contributed by atoms with van der Waals surface area (Å²) in [7, 11) is 0. The Morgan fingerprint density at radius 3 is 1.75 bits per heavy atom. The summed E-state index contributed by atoms with van der Waals surface area (Å²) in [6.07, 6.45) is 0. The number of anilines is 3. The topological polar surface area (TPSA) is 204 Å². The first-order valence-electron chi connectivity index (χ1n) is 25.7. The Bertz CT molecular complexity index is 3070. The van der Waals surface area contributed by atoms with Gasteiger partial charge in [-0.1, -0.05) is 36.4 Å². The molecule has 0 fully saturated rings. The molecule has 400 valence electrons. The van der Waals surface area contributed by atoms with E-state index < -0.39 is 5.54 Å². The number of amides is 1. The lowest BCUT2D eigenvalue weighted by Gasteiger charge is -2.44. The van der Waals surface area contributed by atoms with Crippen LogP contribution in [0.3, 0.4) is 0 Å². The van der Waals surface area contributed by atoms with Gasteiger partial charge in [-0.25, -0.2) is 4.79 Å². The number of carbonyl (C=O) groups excluding carboxylic acids is 2. The van der Waals surface area contributed by atoms with Gasteiger partial charge < -0.3 is 55.8 Å². The highest BCUT2D eigenvalue weighted by molar-refractivity contribution is 6.08. The predicted molar refractivity (Wildman–Crippen MR) is 305 cm³/mol. The molecule has 4 aliphatic rings. The molecular weight excluding hydrogens is 968 g/mol. The lowest BCUT2D eigenvalue weighted by molar-refractivity contribution is 0.0526. The third-order valence-electron chi connectivity index (χ3n) is 12.8. The molecule has 14 nitrogen and oxygen atoms in total. The molecule has 0 saturated heterocycles. The zero-order chi connectivity index (χ0) is 53.7. The zero-order valence-electron chi connectivity index (χ0n) is 45.1. The number of carbonyl (C=O) groups is 2. The molecule has 15 heteroatoms. The SMILES string of the molecule is CCN=c1cc2oc3cc(NCC)c(C)cc3c(-c3ccccc3C(=O)OCC)c-2cc1C.CCNc1cc2c(cc1C)C1(c3cc(C)c(NCC)cc3O2)c2ccccc2C(=O)N1CCO.CCO.Cl.NCCO. The Morgan fingerprint density at radius 1 is 0.680 bits per heavy atom. The summed E-state index contributed by atoms with van der Waals surface area (Å²) in [5.74, 6) is 1.76. The van der Waals surface area contributed by atoms with Crippen molar-refractivity contribution in [1.29, 1.82) is 0 Å². The molecule has 3 heterocycles. The number of hydrogen-bond donors (Lipinski definition) is 7. The number of benzene rings is 6. The number of β-amino-alcohol motifs (C(OH)–C–C–N with tert-alkyl or cyclic N) is 1. The molecule has 8 N–H and O–H groups in total. The second-order valence-electron chi connectivity index (χ2n) is 17.8. The van der Waals surface area contributed by atoms with E-state index in [0.717, 1.165) is 114 Å². The number of nitrogens with zero attached hydrogens (tertiary/aromatic N) is 2. The molecule has 3 aliphatic heterocycles. The van der Waals surface area contributed by atoms with Crippen LogP contribution in [-0.2, 0) is 10.3 Å². The van der Waals surface area contributed by atoms with Crippen LogP contribution >= 0.6 is 12.4 Å². The van der Waals surface area contributed by atoms with Crippen molar-refractivity contribution in [3.05, 3.63) is 152 Å². The van der Waals surface area contributed by atoms with Gasteiger partial charge in [0.2, 0.25) is 0 Å². The number of hydrogen-bond acceptors (Lipinski definition) is 13. The largest absolute Gasteiger partial charge is 0.462 e. The van der Waals surface area contributed by atoms with E-state index in [-0.39, 0.29) is 50.6 Å². The molecule has 0 saturated carbocycles. The Balaban J connectivity index is 0.000000244. The van der Waals surface area contributed by atoms with E-state index in [1.165, 1.54) is 0 Å². The van der Waals surface area contributed by atoms with Gasteiger partial charge in [0.15, 0.2) is 0 Å². The maximum absolute atomic E-state index is 13.7. The van der Waals surface area contributed by atoms with E-state index in [9.17, 15) is 14.7 Å². The highest BCUT2D eigenvalue weighted by Crippen LogP contribution is 2.58. The van der Waals surface area contributed by atoms with Crippen molar-refractivity contribution >= 4 is 52.3 Å². The summed E-state index contributed by atoms with van der Waals surface area (Å²) in [5.41, 5.74) is 18.7. The third kappa shape index (κ3) is 12.0. The highest BCUT2D eigenvalue weighted by atomic mass is 35.5. The second kappa shape index (κ2) is 27.0. The zero-order valence-corrected chi connectivity index (χ0v) is 45.9. The normalized spacial score (nSPS) is 12.6. The van der Waals surface area contributed by atoms with Gasteiger partial charge >= 0.3 is 5.97 Å². The summed E-state index contributed by atoms with van der Waals surface area (Å²) in [5, 5.41) is 37.5. The van der Waals surface area contributed by atoms with Crippen molar-refractivity contribution < 1.29 is 38.8 Å². The average Bonchev–Trinajstić information content (AvgIpc) is 3.66. The summed E-state index contributed by atoms with van der Waals surface area (Å²) in [6.45, 7) is 24.2. The van der Waals surface area contributed by atoms with Gasteiger partial charge in [-0.15, -0.1) is 12.4 Å². The van der Waals surface area contributed by atoms with Gasteiger partial charge in [-0.2, -0.15) is 0 Å². The quantitative estimate of drug-likeness (QED) is 0.0426. The minimum atomic E-state index is -0.885. The van der Waals surface area contributed by atoms with E-state index in [1.807, 2.05) is 91.5 Å². The van der Waals surface area contributed by atoms with E-state index in [4.69, 9.17) is 29.8 Å². The smallest absolute Gasteiger partial charge is 0.338 e. The molecule has 5 aromatic rings. The van der Waals surface area contributed by atoms with E-state index in [2.05, 4.69) is 93.7 Å². The second-order valence-corrected chi connectivity index (χ2v) is 17.8. The Morgan fingerprint density at radius 2 is 1.21 bits per heavy atom. The molecule has 1 aliphatic carbocycles. The molecule has 0 unspecified atom stereocenters. The number of esters is 1. The van der Waals surface area contributed by atoms with Crippen molar-refractivity contribution in [2.45, 2.75) is 74.8 Å². The number of aliphatic hydroxyl groups is 3. The van der Waals surface area contributed by atoms with Crippen molar-refractivity contribution in [2.75, 3.05) is 81.6 Å². The molecule has 9 rings (SSSR count). The predicted octanol–water partition coefficient (Wildman–Crippen LogP) is 10.7. The Labute approximate surface area is 447 Å². The van der Waals surface area contributed by atoms with E-state index >= 15 is 0 Å². The average molecular weight is 1040 g/mol. The first-order chi connectivity index (χ1) is 35.8. The van der Waals surface area contributed by atoms with Crippen molar-refractivity contribution in [2.24, 2.45) is 10.7 Å². The van der Waals surface area contributed by atoms with Gasteiger partial charge in [0, 0.05) is 120 Å². The minimum Gasteiger partial charge on any atom is -0.462 e. The summed E-state index contributed by atoms with van der Waals surface area (Å²) >= 11 is 0. The molecule has 1 spiro atoms. The molecule has 0 radical (unpaired) electrons. The van der Waals surface area contributed by atoms with Crippen LogP contribution in [-0.4, -0.2) is 97.8 Å². The molecular formula is C60H75ClN6O8. The molecule has 1 amide bonds. The number of ether oxygens (including phenoxy) is 2. The standard InChI is InChI=1S/C28H31N3O3.C28H30N2O3.C2H7NO.C2H6O.ClH/c1-5-29-23-15-25-21(13-17(23)3)28(22-14-18(4)24(30-6-2)16-26(22)34-25)20-10-8-7-9-19(20)27(33)31(28)11-12-32;1-6-29-23-15-25-21(13-17(23)4)27(19-11-9-10-12-20(19)28(31)32-8-3)22-14-18(5)24(30-7-2)16-26(22)33-25;3-1-2-4;1-2-3;/h7-10,13-16,29-30,32H,5-6,11-12H2,1-4H3;9-16,29H,6-8H2,1-5H3;4H,1-3H2;3H,2H2,1H3;1H. The molecule has 5 aromatic carbocycles. The third-order valence-corrected chi connectivity index (χ3v) is 12.8. The number of aryl methyl sites for hydroxylation is 4. The minimum absolute atomic E-state index is 0. The monoisotopic (exact) mass is 1040 g/mol. The fraction of sp³-hybridized carbons (Fsp3) is 0.350. The fourth-order valence-corrected chi connectivity index (χ4v) is 9.80. The lowest BCUT2D eigenvalue weighted by Crippen LogP contribution is -2.48. The number of aliphatic hydroxyl groups excluding tert-OH is 3. The maximum atomic E-state index is 13.7. The van der Waals surface area contributed by atoms with Gasteiger partial charge in [-0.05, 0) is 139 Å². The van der Waals surface area contributed by atoms with Gasteiger partial charge in [0.25, 0.3) is 5.91 Å². The van der Waals surface area contributed by atoms with Crippen LogP contribution < -0.4 is 31.8 Å². The first-order valence-corrected chi connectivity index (χ1v) is 25.7. The van der Waals surface area contributed by atoms with Crippen molar-refractivity contribution in [1.82, 2.24) is 4.90 Å². The van der Waals surface area contributed by atoms with Crippen LogP contribution in [0.25, 0.3) is 33.4 Å². The van der Waals surface area contributed by atoms with Crippen LogP contribution in [0.5, 0.6) is 11.5 Å². The Kier molecular flexibility index (Phi) is 21.2. The summed E-state index contributed by atoms with van der Waals surface area (Å²) in [6, 6.07) is 32.0.